The predicted molar refractivity (Wildman–Crippen MR) is 229 cm³/mol. The predicted octanol–water partition coefficient (Wildman–Crippen LogP) is 14.0. The Morgan fingerprint density at radius 1 is 0.259 bits per heavy atom. The molecule has 11 aromatic rings. The van der Waals surface area contributed by atoms with E-state index in [0.717, 1.165) is 5.69 Å². The minimum absolute atomic E-state index is 1.15. The maximum absolute atomic E-state index is 2.43. The standard InChI is InChI=1S/C52H34N2/c1-2-13-36(14-3-1)43-18-6-9-22-48(43)54-50-24-11-8-20-45(50)47-33-38(28-32-51(47)54)39-27-31-46-44-19-7-10-23-49(44)53(52(46)34-39)40-29-25-37(26-30-40)42-21-12-16-35-15-4-5-17-41(35)42/h1-34H. The molecule has 0 radical (unpaired) electrons. The number of nitrogens with zero attached hydrogens (tertiary/aromatic N) is 2. The first-order chi connectivity index (χ1) is 26.8. The summed E-state index contributed by atoms with van der Waals surface area (Å²) >= 11 is 0. The molecule has 2 nitrogen and oxygen atoms in total. The molecule has 2 aromatic heterocycles. The summed E-state index contributed by atoms with van der Waals surface area (Å²) < 4.78 is 4.85. The third-order valence-electron chi connectivity index (χ3n) is 11.1. The lowest BCUT2D eigenvalue weighted by Gasteiger charge is -2.14. The minimum Gasteiger partial charge on any atom is -0.309 e. The Labute approximate surface area is 313 Å². The van der Waals surface area contributed by atoms with Crippen LogP contribution in [-0.4, -0.2) is 9.13 Å². The number of rotatable bonds is 5. The summed E-state index contributed by atoms with van der Waals surface area (Å²) in [4.78, 5) is 0. The zero-order valence-electron chi connectivity index (χ0n) is 29.5. The maximum Gasteiger partial charge on any atom is 0.0547 e. The number of benzene rings is 9. The van der Waals surface area contributed by atoms with Crippen molar-refractivity contribution in [3.05, 3.63) is 206 Å². The maximum atomic E-state index is 2.43. The molecule has 54 heavy (non-hydrogen) atoms. The molecule has 252 valence electrons. The highest BCUT2D eigenvalue weighted by Gasteiger charge is 2.18. The Morgan fingerprint density at radius 2 is 0.796 bits per heavy atom. The van der Waals surface area contributed by atoms with Crippen molar-refractivity contribution in [1.29, 1.82) is 0 Å². The normalized spacial score (nSPS) is 11.7. The largest absolute Gasteiger partial charge is 0.309 e. The fourth-order valence-electron chi connectivity index (χ4n) is 8.64. The minimum atomic E-state index is 1.15. The zero-order valence-corrected chi connectivity index (χ0v) is 29.5. The van der Waals surface area contributed by atoms with Gasteiger partial charge in [0.15, 0.2) is 0 Å². The van der Waals surface area contributed by atoms with Crippen LogP contribution in [0.25, 0.3) is 99.1 Å². The van der Waals surface area contributed by atoms with Crippen LogP contribution in [0.2, 0.25) is 0 Å². The molecule has 0 unspecified atom stereocenters. The summed E-state index contributed by atoms with van der Waals surface area (Å²) in [7, 11) is 0. The zero-order chi connectivity index (χ0) is 35.6. The lowest BCUT2D eigenvalue weighted by Crippen LogP contribution is -1.97. The Hall–Kier alpha value is -7.16. The molecule has 0 aliphatic heterocycles. The third-order valence-corrected chi connectivity index (χ3v) is 11.1. The molecule has 9 aromatic carbocycles. The van der Waals surface area contributed by atoms with Crippen LogP contribution in [-0.2, 0) is 0 Å². The van der Waals surface area contributed by atoms with Gasteiger partial charge in [0.1, 0.15) is 0 Å². The van der Waals surface area contributed by atoms with Crippen LogP contribution in [0.5, 0.6) is 0 Å². The fraction of sp³-hybridized carbons (Fsp3) is 0. The van der Waals surface area contributed by atoms with Gasteiger partial charge in [0.05, 0.1) is 27.8 Å². The number of aromatic nitrogens is 2. The van der Waals surface area contributed by atoms with Gasteiger partial charge in [-0.25, -0.2) is 0 Å². The van der Waals surface area contributed by atoms with Gasteiger partial charge in [-0.3, -0.25) is 0 Å². The SMILES string of the molecule is c1ccc(-c2ccccc2-n2c3ccccc3c3cc(-c4ccc5c6ccccc6n(-c6ccc(-c7cccc8ccccc78)cc6)c5c4)ccc32)cc1. The van der Waals surface area contributed by atoms with Gasteiger partial charge in [-0.1, -0.05) is 158 Å². The van der Waals surface area contributed by atoms with Gasteiger partial charge in [0, 0.05) is 32.8 Å². The van der Waals surface area contributed by atoms with E-state index in [2.05, 4.69) is 215 Å². The third kappa shape index (κ3) is 4.74. The van der Waals surface area contributed by atoms with Gasteiger partial charge in [-0.05, 0) is 87.1 Å². The summed E-state index contributed by atoms with van der Waals surface area (Å²) in [6, 6.07) is 75.2. The highest BCUT2D eigenvalue weighted by atomic mass is 15.0. The smallest absolute Gasteiger partial charge is 0.0547 e. The van der Waals surface area contributed by atoms with Crippen molar-refractivity contribution in [2.45, 2.75) is 0 Å². The summed E-state index contributed by atoms with van der Waals surface area (Å²) in [6.45, 7) is 0. The number of para-hydroxylation sites is 3. The topological polar surface area (TPSA) is 9.86 Å². The van der Waals surface area contributed by atoms with E-state index >= 15 is 0 Å². The molecule has 0 spiro atoms. The summed E-state index contributed by atoms with van der Waals surface area (Å²) in [5.74, 6) is 0. The highest BCUT2D eigenvalue weighted by Crippen LogP contribution is 2.40. The quantitative estimate of drug-likeness (QED) is 0.171. The fourth-order valence-corrected chi connectivity index (χ4v) is 8.64. The van der Waals surface area contributed by atoms with Crippen molar-refractivity contribution in [3.63, 3.8) is 0 Å². The van der Waals surface area contributed by atoms with Crippen molar-refractivity contribution in [1.82, 2.24) is 9.13 Å². The van der Waals surface area contributed by atoms with E-state index in [-0.39, 0.29) is 0 Å². The van der Waals surface area contributed by atoms with E-state index in [1.165, 1.54) is 93.5 Å². The van der Waals surface area contributed by atoms with E-state index in [0.29, 0.717) is 0 Å². The molecule has 0 aliphatic carbocycles. The average Bonchev–Trinajstić information content (AvgIpc) is 3.76. The molecule has 0 bridgehead atoms. The van der Waals surface area contributed by atoms with Crippen LogP contribution in [0.3, 0.4) is 0 Å². The summed E-state index contributed by atoms with van der Waals surface area (Å²) in [6.07, 6.45) is 0. The van der Waals surface area contributed by atoms with Crippen LogP contribution in [0, 0.1) is 0 Å². The first-order valence-corrected chi connectivity index (χ1v) is 18.6. The molecule has 11 rings (SSSR count). The molecular weight excluding hydrogens is 653 g/mol. The Bertz CT molecular complexity index is 3190. The molecule has 2 heteroatoms. The average molecular weight is 687 g/mol. The molecule has 0 saturated carbocycles. The second-order valence-corrected chi connectivity index (χ2v) is 14.1. The van der Waals surface area contributed by atoms with E-state index < -0.39 is 0 Å². The first kappa shape index (κ1) is 30.5. The van der Waals surface area contributed by atoms with Gasteiger partial charge in [0.2, 0.25) is 0 Å². The molecule has 0 N–H and O–H groups in total. The molecule has 0 saturated heterocycles. The van der Waals surface area contributed by atoms with Crippen molar-refractivity contribution in [2.24, 2.45) is 0 Å². The number of hydrogen-bond donors (Lipinski definition) is 0. The van der Waals surface area contributed by atoms with Crippen molar-refractivity contribution < 1.29 is 0 Å². The van der Waals surface area contributed by atoms with Crippen molar-refractivity contribution in [3.8, 4) is 44.8 Å². The van der Waals surface area contributed by atoms with E-state index in [9.17, 15) is 0 Å². The van der Waals surface area contributed by atoms with Gasteiger partial charge < -0.3 is 9.13 Å². The lowest BCUT2D eigenvalue weighted by molar-refractivity contribution is 1.18. The summed E-state index contributed by atoms with van der Waals surface area (Å²) in [5, 5.41) is 7.54. The molecule has 0 aliphatic rings. The summed E-state index contributed by atoms with van der Waals surface area (Å²) in [5.41, 5.74) is 14.4. The van der Waals surface area contributed by atoms with Crippen LogP contribution in [0.1, 0.15) is 0 Å². The Morgan fingerprint density at radius 3 is 1.63 bits per heavy atom. The number of fused-ring (bicyclic) bond motifs is 7. The second kappa shape index (κ2) is 12.2. The van der Waals surface area contributed by atoms with Gasteiger partial charge in [-0.2, -0.15) is 0 Å². The molecule has 0 atom stereocenters. The van der Waals surface area contributed by atoms with Gasteiger partial charge in [-0.15, -0.1) is 0 Å². The molecule has 0 fully saturated rings. The first-order valence-electron chi connectivity index (χ1n) is 18.6. The molecular formula is C52H34N2. The highest BCUT2D eigenvalue weighted by molar-refractivity contribution is 6.13. The van der Waals surface area contributed by atoms with Crippen LogP contribution in [0.4, 0.5) is 0 Å². The van der Waals surface area contributed by atoms with E-state index in [1.807, 2.05) is 0 Å². The Kier molecular flexibility index (Phi) is 6.90. The van der Waals surface area contributed by atoms with E-state index in [1.54, 1.807) is 0 Å². The number of hydrogen-bond acceptors (Lipinski definition) is 0. The molecule has 0 amide bonds. The van der Waals surface area contributed by atoms with E-state index in [4.69, 9.17) is 0 Å². The molecule has 2 heterocycles. The van der Waals surface area contributed by atoms with Crippen LogP contribution >= 0.6 is 0 Å². The lowest BCUT2D eigenvalue weighted by atomic mass is 9.98. The van der Waals surface area contributed by atoms with Gasteiger partial charge >= 0.3 is 0 Å². The van der Waals surface area contributed by atoms with Crippen LogP contribution < -0.4 is 0 Å². The van der Waals surface area contributed by atoms with Gasteiger partial charge in [0.25, 0.3) is 0 Å². The monoisotopic (exact) mass is 686 g/mol. The van der Waals surface area contributed by atoms with Crippen LogP contribution in [0.15, 0.2) is 206 Å². The van der Waals surface area contributed by atoms with Crippen molar-refractivity contribution >= 4 is 54.4 Å². The van der Waals surface area contributed by atoms with Crippen molar-refractivity contribution in [2.75, 3.05) is 0 Å². The second-order valence-electron chi connectivity index (χ2n) is 14.1. The Balaban J connectivity index is 1.07.